The van der Waals surface area contributed by atoms with Gasteiger partial charge in [-0.15, -0.1) is 0 Å². The maximum absolute atomic E-state index is 11.3. The normalized spacial score (nSPS) is 10.8. The Morgan fingerprint density at radius 2 is 1.84 bits per heavy atom. The molecule has 6 nitrogen and oxygen atoms in total. The molecule has 0 saturated heterocycles. The van der Waals surface area contributed by atoms with Gasteiger partial charge >= 0.3 is 29.6 Å². The second-order valence-corrected chi connectivity index (χ2v) is 6.46. The van der Waals surface area contributed by atoms with Gasteiger partial charge in [-0.3, -0.25) is 4.79 Å². The van der Waals surface area contributed by atoms with E-state index in [-0.39, 0.29) is 40.4 Å². The minimum absolute atomic E-state index is 0. The van der Waals surface area contributed by atoms with Gasteiger partial charge in [0.15, 0.2) is 0 Å². The van der Waals surface area contributed by atoms with E-state index < -0.39 is 10.1 Å². The summed E-state index contributed by atoms with van der Waals surface area (Å²) in [6.07, 6.45) is 2.67. The molecule has 8 heteroatoms. The van der Waals surface area contributed by atoms with Crippen molar-refractivity contribution in [3.8, 4) is 5.75 Å². The van der Waals surface area contributed by atoms with Crippen molar-refractivity contribution in [2.45, 2.75) is 17.7 Å². The summed E-state index contributed by atoms with van der Waals surface area (Å²) in [6, 6.07) is 9.47. The van der Waals surface area contributed by atoms with Crippen molar-refractivity contribution in [3.63, 3.8) is 0 Å². The van der Waals surface area contributed by atoms with Crippen LogP contribution in [0.5, 0.6) is 5.75 Å². The molecule has 2 aromatic carbocycles. The van der Waals surface area contributed by atoms with Gasteiger partial charge in [-0.2, -0.15) is 0 Å². The fourth-order valence-corrected chi connectivity index (χ4v) is 2.98. The van der Waals surface area contributed by atoms with Crippen LogP contribution in [0.25, 0.3) is 10.8 Å². The number of amides is 1. The summed E-state index contributed by atoms with van der Waals surface area (Å²) >= 11 is 0. The predicted molar refractivity (Wildman–Crippen MR) is 89.8 cm³/mol. The molecule has 2 rings (SSSR count). The molecular formula is C17H18NNaO5S. The average molecular weight is 371 g/mol. The minimum atomic E-state index is -4.54. The third-order valence-electron chi connectivity index (χ3n) is 3.42. The molecule has 2 aromatic rings. The van der Waals surface area contributed by atoms with Crippen LogP contribution in [-0.2, 0) is 14.9 Å². The van der Waals surface area contributed by atoms with Gasteiger partial charge < -0.3 is 14.6 Å². The third-order valence-corrected chi connectivity index (χ3v) is 4.32. The van der Waals surface area contributed by atoms with Crippen LogP contribution in [0.4, 0.5) is 0 Å². The summed E-state index contributed by atoms with van der Waals surface area (Å²) in [5, 5.41) is 3.60. The zero-order valence-electron chi connectivity index (χ0n) is 14.0. The summed E-state index contributed by atoms with van der Waals surface area (Å²) in [4.78, 5) is 10.7. The Balaban J connectivity index is 0.00000312. The molecular weight excluding hydrogens is 353 g/mol. The molecule has 0 saturated carbocycles. The number of hydrogen-bond acceptors (Lipinski definition) is 5. The summed E-state index contributed by atoms with van der Waals surface area (Å²) in [7, 11) is -4.54. The summed E-state index contributed by atoms with van der Waals surface area (Å²) in [6.45, 7) is 4.31. The summed E-state index contributed by atoms with van der Waals surface area (Å²) < 4.78 is 39.7. The predicted octanol–water partition coefficient (Wildman–Crippen LogP) is -0.791. The van der Waals surface area contributed by atoms with Crippen molar-refractivity contribution in [3.05, 3.63) is 49.1 Å². The molecule has 0 heterocycles. The largest absolute Gasteiger partial charge is 1.00 e. The Morgan fingerprint density at radius 1 is 1.16 bits per heavy atom. The first kappa shape index (κ1) is 21.7. The van der Waals surface area contributed by atoms with E-state index in [1.54, 1.807) is 24.3 Å². The van der Waals surface area contributed by atoms with Gasteiger partial charge in [0.2, 0.25) is 5.91 Å². The van der Waals surface area contributed by atoms with Crippen LogP contribution in [0.1, 0.15) is 12.8 Å². The van der Waals surface area contributed by atoms with Crippen molar-refractivity contribution in [1.29, 1.82) is 0 Å². The molecule has 128 valence electrons. The zero-order valence-corrected chi connectivity index (χ0v) is 16.8. The van der Waals surface area contributed by atoms with E-state index in [0.29, 0.717) is 36.1 Å². The van der Waals surface area contributed by atoms with E-state index in [1.807, 2.05) is 0 Å². The van der Waals surface area contributed by atoms with Gasteiger partial charge in [0.1, 0.15) is 15.9 Å². The number of hydrogen-bond donors (Lipinski definition) is 1. The van der Waals surface area contributed by atoms with E-state index in [2.05, 4.69) is 11.9 Å². The molecule has 25 heavy (non-hydrogen) atoms. The van der Waals surface area contributed by atoms with Crippen molar-refractivity contribution < 1.29 is 52.1 Å². The SMILES string of the molecule is C=CC(=O)NCCCCOc1cccc2c(S(=O)(=O)[O-])cccc12.[Na+]. The first-order valence-corrected chi connectivity index (χ1v) is 8.85. The zero-order chi connectivity index (χ0) is 17.6. The number of carbonyl (C=O) groups is 1. The van der Waals surface area contributed by atoms with E-state index in [1.165, 1.54) is 18.2 Å². The first-order valence-electron chi connectivity index (χ1n) is 7.44. The molecule has 0 radical (unpaired) electrons. The van der Waals surface area contributed by atoms with Gasteiger partial charge in [0.05, 0.1) is 11.5 Å². The number of nitrogens with one attached hydrogen (secondary N) is 1. The Bertz CT molecular complexity index is 851. The van der Waals surface area contributed by atoms with E-state index in [9.17, 15) is 17.8 Å². The topological polar surface area (TPSA) is 95.5 Å². The molecule has 0 aliphatic heterocycles. The fourth-order valence-electron chi connectivity index (χ4n) is 2.29. The molecule has 0 aliphatic carbocycles. The number of benzene rings is 2. The van der Waals surface area contributed by atoms with Gasteiger partial charge in [0.25, 0.3) is 0 Å². The maximum atomic E-state index is 11.3. The minimum Gasteiger partial charge on any atom is -0.744 e. The maximum Gasteiger partial charge on any atom is 1.00 e. The Hall–Kier alpha value is -1.38. The van der Waals surface area contributed by atoms with Crippen molar-refractivity contribution >= 4 is 26.8 Å². The van der Waals surface area contributed by atoms with Gasteiger partial charge in [-0.1, -0.05) is 30.8 Å². The van der Waals surface area contributed by atoms with E-state index >= 15 is 0 Å². The Kier molecular flexibility index (Phi) is 8.61. The molecule has 1 N–H and O–H groups in total. The molecule has 0 bridgehead atoms. The molecule has 1 amide bonds. The second-order valence-electron chi connectivity index (χ2n) is 5.11. The molecule has 0 spiro atoms. The fraction of sp³-hybridized carbons (Fsp3) is 0.235. The van der Waals surface area contributed by atoms with Gasteiger partial charge in [0, 0.05) is 17.3 Å². The quantitative estimate of drug-likeness (QED) is 0.284. The monoisotopic (exact) mass is 371 g/mol. The number of fused-ring (bicyclic) bond motifs is 1. The van der Waals surface area contributed by atoms with Gasteiger partial charge in [-0.25, -0.2) is 8.42 Å². The van der Waals surface area contributed by atoms with E-state index in [0.717, 1.165) is 6.42 Å². The number of unbranched alkanes of at least 4 members (excludes halogenated alkanes) is 1. The number of rotatable bonds is 8. The number of ether oxygens (including phenoxy) is 1. The number of carbonyl (C=O) groups excluding carboxylic acids is 1. The van der Waals surface area contributed by atoms with Crippen LogP contribution < -0.4 is 39.6 Å². The van der Waals surface area contributed by atoms with Crippen LogP contribution in [0.3, 0.4) is 0 Å². The Labute approximate surface area is 169 Å². The van der Waals surface area contributed by atoms with Crippen molar-refractivity contribution in [2.75, 3.05) is 13.2 Å². The van der Waals surface area contributed by atoms with Crippen LogP contribution in [0, 0.1) is 0 Å². The summed E-state index contributed by atoms with van der Waals surface area (Å²) in [5.41, 5.74) is 0. The smallest absolute Gasteiger partial charge is 0.744 e. The first-order chi connectivity index (χ1) is 11.4. The van der Waals surface area contributed by atoms with Crippen molar-refractivity contribution in [2.24, 2.45) is 0 Å². The molecule has 0 aromatic heterocycles. The molecule has 0 atom stereocenters. The van der Waals surface area contributed by atoms with Crippen LogP contribution in [-0.4, -0.2) is 32.0 Å². The van der Waals surface area contributed by atoms with Crippen molar-refractivity contribution in [1.82, 2.24) is 5.32 Å². The molecule has 0 fully saturated rings. The standard InChI is InChI=1S/C17H19NO5S.Na/c1-2-17(19)18-11-3-4-12-23-15-9-5-8-14-13(15)7-6-10-16(14)24(20,21)22;/h2,5-10H,1,3-4,11-12H2,(H,18,19)(H,20,21,22);/q;+1/p-1. The van der Waals surface area contributed by atoms with Crippen LogP contribution >= 0.6 is 0 Å². The Morgan fingerprint density at radius 3 is 2.52 bits per heavy atom. The van der Waals surface area contributed by atoms with Crippen LogP contribution in [0.2, 0.25) is 0 Å². The second kappa shape index (κ2) is 9.94. The van der Waals surface area contributed by atoms with E-state index in [4.69, 9.17) is 4.74 Å². The van der Waals surface area contributed by atoms with Gasteiger partial charge in [-0.05, 0) is 31.1 Å². The summed E-state index contributed by atoms with van der Waals surface area (Å²) in [5.74, 6) is 0.310. The molecule has 0 aliphatic rings. The molecule has 0 unspecified atom stereocenters. The third kappa shape index (κ3) is 6.13. The van der Waals surface area contributed by atoms with Crippen LogP contribution in [0.15, 0.2) is 53.9 Å². The average Bonchev–Trinajstić information content (AvgIpc) is 2.56.